The Morgan fingerprint density at radius 1 is 1.05 bits per heavy atom. The predicted molar refractivity (Wildman–Crippen MR) is 74.5 cm³/mol. The molecule has 0 saturated heterocycles. The maximum Gasteiger partial charge on any atom is 0.412 e. The summed E-state index contributed by atoms with van der Waals surface area (Å²) in [6.45, 7) is 0.576. The fourth-order valence-electron chi connectivity index (χ4n) is 2.12. The maximum atomic E-state index is 11.4. The maximum absolute atomic E-state index is 11.4. The van der Waals surface area contributed by atoms with Gasteiger partial charge in [-0.25, -0.2) is 4.79 Å². The highest BCUT2D eigenvalue weighted by Gasteiger charge is 2.25. The molecular formula is C15H12NO2S+. The molecule has 1 heterocycles. The zero-order valence-corrected chi connectivity index (χ0v) is 10.9. The van der Waals surface area contributed by atoms with Crippen LogP contribution in [-0.4, -0.2) is 11.1 Å². The molecule has 94 valence electrons. The monoisotopic (exact) mass is 270 g/mol. The fourth-order valence-corrected chi connectivity index (χ4v) is 3.12. The van der Waals surface area contributed by atoms with Crippen molar-refractivity contribution in [1.82, 2.24) is 0 Å². The average Bonchev–Trinajstić information content (AvgIpc) is 2.79. The van der Waals surface area contributed by atoms with Crippen molar-refractivity contribution in [2.75, 3.05) is 0 Å². The summed E-state index contributed by atoms with van der Waals surface area (Å²) in [5.74, 6) is -0.878. The Hall–Kier alpha value is -2.20. The molecule has 0 unspecified atom stereocenters. The first-order chi connectivity index (χ1) is 9.25. The number of aromatic nitrogens is 1. The van der Waals surface area contributed by atoms with Gasteiger partial charge in [0.2, 0.25) is 5.52 Å². The molecule has 0 atom stereocenters. The van der Waals surface area contributed by atoms with E-state index in [1.807, 2.05) is 59.2 Å². The van der Waals surface area contributed by atoms with Gasteiger partial charge in [-0.15, -0.1) is 0 Å². The number of rotatable bonds is 3. The number of carboxylic acid groups (broad SMARTS) is 1. The minimum absolute atomic E-state index is 0.366. The zero-order valence-electron chi connectivity index (χ0n) is 10.1. The summed E-state index contributed by atoms with van der Waals surface area (Å²) < 4.78 is 2.85. The van der Waals surface area contributed by atoms with E-state index in [9.17, 15) is 9.90 Å². The van der Waals surface area contributed by atoms with Gasteiger partial charge in [0, 0.05) is 11.6 Å². The van der Waals surface area contributed by atoms with E-state index in [4.69, 9.17) is 0 Å². The fraction of sp³-hybridized carbons (Fsp3) is 0.0667. The molecule has 0 aliphatic heterocycles. The lowest BCUT2D eigenvalue weighted by molar-refractivity contribution is -0.660. The first-order valence-electron chi connectivity index (χ1n) is 5.94. The van der Waals surface area contributed by atoms with Gasteiger partial charge in [-0.1, -0.05) is 53.8 Å². The molecule has 0 fully saturated rings. The van der Waals surface area contributed by atoms with Crippen LogP contribution in [-0.2, 0) is 6.54 Å². The topological polar surface area (TPSA) is 41.2 Å². The molecule has 4 heteroatoms. The van der Waals surface area contributed by atoms with Crippen LogP contribution in [0.2, 0.25) is 0 Å². The third-order valence-electron chi connectivity index (χ3n) is 2.97. The Bertz CT molecular complexity index is 734. The number of benzene rings is 2. The van der Waals surface area contributed by atoms with Crippen molar-refractivity contribution >= 4 is 27.5 Å². The highest BCUT2D eigenvalue weighted by Crippen LogP contribution is 2.20. The second-order valence-corrected chi connectivity index (χ2v) is 5.28. The number of hydrogen-bond donors (Lipinski definition) is 1. The molecule has 2 aromatic carbocycles. The van der Waals surface area contributed by atoms with Crippen LogP contribution >= 0.6 is 11.3 Å². The molecule has 3 aromatic rings. The Morgan fingerprint density at radius 2 is 1.74 bits per heavy atom. The normalized spacial score (nSPS) is 10.7. The van der Waals surface area contributed by atoms with Crippen LogP contribution in [0.1, 0.15) is 15.4 Å². The number of aromatic carboxylic acids is 1. The van der Waals surface area contributed by atoms with E-state index in [0.29, 0.717) is 11.6 Å². The Kier molecular flexibility index (Phi) is 3.01. The Labute approximate surface area is 114 Å². The molecule has 0 amide bonds. The van der Waals surface area contributed by atoms with Crippen LogP contribution in [0.3, 0.4) is 0 Å². The summed E-state index contributed by atoms with van der Waals surface area (Å²) in [4.78, 5) is 11.4. The second-order valence-electron chi connectivity index (χ2n) is 4.25. The number of hydrogen-bond acceptors (Lipinski definition) is 2. The van der Waals surface area contributed by atoms with Crippen molar-refractivity contribution in [3.05, 3.63) is 65.2 Å². The van der Waals surface area contributed by atoms with Crippen molar-refractivity contribution < 1.29 is 14.5 Å². The van der Waals surface area contributed by atoms with E-state index in [1.165, 1.54) is 11.3 Å². The lowest BCUT2D eigenvalue weighted by Crippen LogP contribution is -2.38. The number of nitrogens with zero attached hydrogens (tertiary/aromatic N) is 1. The summed E-state index contributed by atoms with van der Waals surface area (Å²) >= 11 is 1.31. The van der Waals surface area contributed by atoms with Crippen LogP contribution in [0.15, 0.2) is 54.6 Å². The van der Waals surface area contributed by atoms with Crippen LogP contribution in [0, 0.1) is 0 Å². The molecule has 1 N–H and O–H groups in total. The van der Waals surface area contributed by atoms with Crippen molar-refractivity contribution in [3.8, 4) is 0 Å². The van der Waals surface area contributed by atoms with Gasteiger partial charge < -0.3 is 5.11 Å². The minimum Gasteiger partial charge on any atom is -0.473 e. The summed E-state index contributed by atoms with van der Waals surface area (Å²) in [6.07, 6.45) is 0. The molecular weight excluding hydrogens is 258 g/mol. The first kappa shape index (κ1) is 11.9. The molecule has 0 aliphatic rings. The number of thiazole rings is 1. The van der Waals surface area contributed by atoms with E-state index in [-0.39, 0.29) is 0 Å². The third-order valence-corrected chi connectivity index (χ3v) is 4.13. The quantitative estimate of drug-likeness (QED) is 0.743. The first-order valence-corrected chi connectivity index (χ1v) is 6.76. The highest BCUT2D eigenvalue weighted by atomic mass is 32.1. The smallest absolute Gasteiger partial charge is 0.412 e. The van der Waals surface area contributed by atoms with Gasteiger partial charge in [0.1, 0.15) is 4.70 Å². The molecule has 1 aromatic heterocycles. The van der Waals surface area contributed by atoms with Gasteiger partial charge >= 0.3 is 11.0 Å². The van der Waals surface area contributed by atoms with Crippen molar-refractivity contribution in [1.29, 1.82) is 0 Å². The van der Waals surface area contributed by atoms with E-state index in [0.717, 1.165) is 15.8 Å². The summed E-state index contributed by atoms with van der Waals surface area (Å²) in [7, 11) is 0. The van der Waals surface area contributed by atoms with Crippen LogP contribution < -0.4 is 4.57 Å². The predicted octanol–water partition coefficient (Wildman–Crippen LogP) is 2.94. The van der Waals surface area contributed by atoms with Crippen LogP contribution in [0.5, 0.6) is 0 Å². The Balaban J connectivity index is 2.15. The molecule has 0 radical (unpaired) electrons. The van der Waals surface area contributed by atoms with Crippen LogP contribution in [0.4, 0.5) is 0 Å². The third kappa shape index (κ3) is 2.22. The van der Waals surface area contributed by atoms with Gasteiger partial charge in [0.15, 0.2) is 6.54 Å². The van der Waals surface area contributed by atoms with Gasteiger partial charge in [-0.05, 0) is 6.07 Å². The number of carbonyl (C=O) groups is 1. The molecule has 3 nitrogen and oxygen atoms in total. The van der Waals surface area contributed by atoms with Gasteiger partial charge in [0.05, 0.1) is 0 Å². The molecule has 3 rings (SSSR count). The second kappa shape index (κ2) is 4.82. The lowest BCUT2D eigenvalue weighted by Gasteiger charge is -1.97. The molecule has 0 bridgehead atoms. The number of carboxylic acids is 1. The standard InChI is InChI=1S/C15H11NO2S/c17-15(18)14-16(10-11-6-2-1-3-7-11)12-8-4-5-9-13(12)19-14/h1-9H,10H2/p+1. The minimum atomic E-state index is -0.878. The highest BCUT2D eigenvalue weighted by molar-refractivity contribution is 7.19. The Morgan fingerprint density at radius 3 is 2.47 bits per heavy atom. The summed E-state index contributed by atoms with van der Waals surface area (Å²) in [6, 6.07) is 17.7. The van der Waals surface area contributed by atoms with Crippen molar-refractivity contribution in [3.63, 3.8) is 0 Å². The molecule has 0 aliphatic carbocycles. The van der Waals surface area contributed by atoms with E-state index in [2.05, 4.69) is 0 Å². The van der Waals surface area contributed by atoms with E-state index < -0.39 is 5.97 Å². The van der Waals surface area contributed by atoms with Gasteiger partial charge in [-0.2, -0.15) is 4.57 Å². The summed E-state index contributed by atoms with van der Waals surface area (Å²) in [5.41, 5.74) is 2.06. The average molecular weight is 270 g/mol. The van der Waals surface area contributed by atoms with Gasteiger partial charge in [0.25, 0.3) is 0 Å². The SMILES string of the molecule is O=C(O)c1sc2ccccc2[n+]1Cc1ccccc1. The molecule has 19 heavy (non-hydrogen) atoms. The molecule has 0 saturated carbocycles. The number of para-hydroxylation sites is 1. The largest absolute Gasteiger partial charge is 0.473 e. The number of fused-ring (bicyclic) bond motifs is 1. The summed E-state index contributed by atoms with van der Waals surface area (Å²) in [5, 5.41) is 9.70. The van der Waals surface area contributed by atoms with E-state index in [1.54, 1.807) is 0 Å². The van der Waals surface area contributed by atoms with Gasteiger partial charge in [-0.3, -0.25) is 0 Å². The van der Waals surface area contributed by atoms with E-state index >= 15 is 0 Å². The lowest BCUT2D eigenvalue weighted by atomic mass is 10.2. The van der Waals surface area contributed by atoms with Crippen molar-refractivity contribution in [2.45, 2.75) is 6.54 Å². The van der Waals surface area contributed by atoms with Crippen molar-refractivity contribution in [2.24, 2.45) is 0 Å². The van der Waals surface area contributed by atoms with Crippen LogP contribution in [0.25, 0.3) is 10.2 Å². The zero-order chi connectivity index (χ0) is 13.2. The molecule has 0 spiro atoms.